The van der Waals surface area contributed by atoms with Crippen molar-refractivity contribution in [3.8, 4) is 5.75 Å². The number of rotatable bonds is 6. The lowest BCUT2D eigenvalue weighted by atomic mass is 10.2. The first-order valence-corrected chi connectivity index (χ1v) is 7.59. The van der Waals surface area contributed by atoms with E-state index in [9.17, 15) is 0 Å². The van der Waals surface area contributed by atoms with Crippen molar-refractivity contribution >= 4 is 34.4 Å². The van der Waals surface area contributed by atoms with E-state index in [1.807, 2.05) is 25.1 Å². The summed E-state index contributed by atoms with van der Waals surface area (Å²) in [7, 11) is 0. The lowest BCUT2D eigenvalue weighted by Crippen LogP contribution is -2.00. The van der Waals surface area contributed by atoms with Crippen molar-refractivity contribution in [3.05, 3.63) is 51.5 Å². The number of H-pyrrole nitrogens is 1. The number of benzene rings is 1. The summed E-state index contributed by atoms with van der Waals surface area (Å²) in [5.74, 6) is 1.51. The first-order valence-electron chi connectivity index (χ1n) is 6.39. The number of ether oxygens (including phenoxy) is 1. The fraction of sp³-hybridized carbons (Fsp3) is 0.214. The summed E-state index contributed by atoms with van der Waals surface area (Å²) in [5.41, 5.74) is 0.844. The second-order valence-electron chi connectivity index (χ2n) is 4.14. The molecule has 7 heteroatoms. The minimum absolute atomic E-state index is 0.438. The number of hydrogen-bond acceptors (Lipinski definition) is 4. The van der Waals surface area contributed by atoms with E-state index < -0.39 is 0 Å². The Bertz CT molecular complexity index is 720. The molecule has 0 amide bonds. The van der Waals surface area contributed by atoms with Gasteiger partial charge in [-0.05, 0) is 30.4 Å². The highest BCUT2D eigenvalue weighted by atomic mass is 79.9. The van der Waals surface area contributed by atoms with Gasteiger partial charge in [0, 0.05) is 16.5 Å². The highest BCUT2D eigenvalue weighted by molar-refractivity contribution is 9.10. The molecule has 0 saturated heterocycles. The molecule has 5 nitrogen and oxygen atoms in total. The van der Waals surface area contributed by atoms with Crippen LogP contribution in [0.25, 0.3) is 0 Å². The van der Waals surface area contributed by atoms with Gasteiger partial charge < -0.3 is 4.74 Å². The molecule has 2 rings (SSSR count). The monoisotopic (exact) mass is 366 g/mol. The number of halogens is 1. The molecule has 0 aliphatic rings. The van der Waals surface area contributed by atoms with Crippen molar-refractivity contribution in [3.63, 3.8) is 0 Å². The van der Waals surface area contributed by atoms with Gasteiger partial charge in [0.25, 0.3) is 0 Å². The van der Waals surface area contributed by atoms with Crippen LogP contribution in [0.15, 0.2) is 40.4 Å². The minimum atomic E-state index is 0.438. The average molecular weight is 367 g/mol. The smallest absolute Gasteiger partial charge is 0.216 e. The third-order valence-electron chi connectivity index (χ3n) is 2.67. The van der Waals surface area contributed by atoms with E-state index in [0.717, 1.165) is 28.0 Å². The molecule has 0 aliphatic heterocycles. The van der Waals surface area contributed by atoms with Crippen LogP contribution in [0.2, 0.25) is 0 Å². The SMILES string of the molecule is C=CCOc1ccc(Br)cc1/C=N\n1c(CC)n[nH]c1=S. The van der Waals surface area contributed by atoms with E-state index in [4.69, 9.17) is 17.0 Å². The molecule has 110 valence electrons. The van der Waals surface area contributed by atoms with Crippen LogP contribution in [-0.4, -0.2) is 27.7 Å². The van der Waals surface area contributed by atoms with Gasteiger partial charge in [-0.25, -0.2) is 0 Å². The molecule has 1 N–H and O–H groups in total. The van der Waals surface area contributed by atoms with Gasteiger partial charge >= 0.3 is 0 Å². The van der Waals surface area contributed by atoms with Crippen molar-refractivity contribution in [2.75, 3.05) is 6.61 Å². The molecule has 0 atom stereocenters. The molecule has 0 aliphatic carbocycles. The van der Waals surface area contributed by atoms with Gasteiger partial charge in [0.2, 0.25) is 4.77 Å². The van der Waals surface area contributed by atoms with E-state index in [1.165, 1.54) is 0 Å². The highest BCUT2D eigenvalue weighted by Gasteiger charge is 2.04. The predicted octanol–water partition coefficient (Wildman–Crippen LogP) is 3.71. The second kappa shape index (κ2) is 7.33. The molecular formula is C14H15BrN4OS. The topological polar surface area (TPSA) is 55.2 Å². The van der Waals surface area contributed by atoms with Gasteiger partial charge in [0.05, 0.1) is 6.21 Å². The Morgan fingerprint density at radius 3 is 3.10 bits per heavy atom. The van der Waals surface area contributed by atoms with Crippen molar-refractivity contribution in [2.24, 2.45) is 5.10 Å². The zero-order valence-electron chi connectivity index (χ0n) is 11.5. The van der Waals surface area contributed by atoms with Gasteiger partial charge in [-0.3, -0.25) is 5.10 Å². The number of aromatic amines is 1. The minimum Gasteiger partial charge on any atom is -0.489 e. The van der Waals surface area contributed by atoms with Gasteiger partial charge in [-0.2, -0.15) is 14.9 Å². The number of aryl methyl sites for hydroxylation is 1. The average Bonchev–Trinajstić information content (AvgIpc) is 2.84. The summed E-state index contributed by atoms with van der Waals surface area (Å²) < 4.78 is 8.62. The maximum atomic E-state index is 5.61. The first-order chi connectivity index (χ1) is 10.2. The Hall–Kier alpha value is -1.73. The summed E-state index contributed by atoms with van der Waals surface area (Å²) in [6.07, 6.45) is 4.14. The predicted molar refractivity (Wildman–Crippen MR) is 89.6 cm³/mol. The summed E-state index contributed by atoms with van der Waals surface area (Å²) in [4.78, 5) is 0. The molecule has 0 saturated carbocycles. The second-order valence-corrected chi connectivity index (χ2v) is 5.44. The molecule has 0 bridgehead atoms. The summed E-state index contributed by atoms with van der Waals surface area (Å²) in [6.45, 7) is 6.08. The lowest BCUT2D eigenvalue weighted by molar-refractivity contribution is 0.362. The molecule has 0 unspecified atom stereocenters. The maximum absolute atomic E-state index is 5.61. The zero-order chi connectivity index (χ0) is 15.2. The Morgan fingerprint density at radius 1 is 1.57 bits per heavy atom. The van der Waals surface area contributed by atoms with Gasteiger partial charge in [0.1, 0.15) is 12.4 Å². The molecule has 2 aromatic rings. The van der Waals surface area contributed by atoms with E-state index in [0.29, 0.717) is 11.4 Å². The first kappa shape index (κ1) is 15.7. The van der Waals surface area contributed by atoms with Crippen LogP contribution in [0.3, 0.4) is 0 Å². The van der Waals surface area contributed by atoms with Crippen LogP contribution in [-0.2, 0) is 6.42 Å². The lowest BCUT2D eigenvalue weighted by Gasteiger charge is -2.07. The Balaban J connectivity index is 2.35. The fourth-order valence-electron chi connectivity index (χ4n) is 1.69. The Labute approximate surface area is 136 Å². The molecule has 0 radical (unpaired) electrons. The molecule has 1 aromatic carbocycles. The molecule has 21 heavy (non-hydrogen) atoms. The zero-order valence-corrected chi connectivity index (χ0v) is 13.9. The number of nitrogens with zero attached hydrogens (tertiary/aromatic N) is 3. The maximum Gasteiger partial charge on any atom is 0.216 e. The molecular weight excluding hydrogens is 352 g/mol. The van der Waals surface area contributed by atoms with Crippen LogP contribution >= 0.6 is 28.1 Å². The van der Waals surface area contributed by atoms with Crippen molar-refractivity contribution in [2.45, 2.75) is 13.3 Å². The van der Waals surface area contributed by atoms with Crippen LogP contribution < -0.4 is 4.74 Å². The van der Waals surface area contributed by atoms with E-state index in [2.05, 4.69) is 37.8 Å². The van der Waals surface area contributed by atoms with Crippen LogP contribution in [0.1, 0.15) is 18.3 Å². The van der Waals surface area contributed by atoms with Gasteiger partial charge in [0.15, 0.2) is 5.82 Å². The van der Waals surface area contributed by atoms with Crippen LogP contribution in [0.5, 0.6) is 5.75 Å². The van der Waals surface area contributed by atoms with Gasteiger partial charge in [-0.1, -0.05) is 35.5 Å². The van der Waals surface area contributed by atoms with E-state index >= 15 is 0 Å². The highest BCUT2D eigenvalue weighted by Crippen LogP contribution is 2.22. The largest absolute Gasteiger partial charge is 0.489 e. The van der Waals surface area contributed by atoms with Crippen LogP contribution in [0.4, 0.5) is 0 Å². The number of nitrogens with one attached hydrogen (secondary N) is 1. The molecule has 0 spiro atoms. The van der Waals surface area contributed by atoms with E-state index in [-0.39, 0.29) is 0 Å². The number of hydrogen-bond donors (Lipinski definition) is 1. The standard InChI is InChI=1S/C14H15BrN4OS/c1-3-7-20-12-6-5-11(15)8-10(12)9-16-19-13(4-2)17-18-14(19)21/h3,5-6,8-9H,1,4,7H2,2H3,(H,18,21)/b16-9-. The third kappa shape index (κ3) is 3.89. The summed E-state index contributed by atoms with van der Waals surface area (Å²) in [6, 6.07) is 5.72. The quantitative estimate of drug-likeness (QED) is 0.481. The fourth-order valence-corrected chi connectivity index (χ4v) is 2.27. The number of aromatic nitrogens is 3. The normalized spacial score (nSPS) is 11.0. The van der Waals surface area contributed by atoms with E-state index in [1.54, 1.807) is 17.0 Å². The third-order valence-corrected chi connectivity index (χ3v) is 3.43. The summed E-state index contributed by atoms with van der Waals surface area (Å²) in [5, 5.41) is 11.2. The molecule has 0 fully saturated rings. The van der Waals surface area contributed by atoms with Crippen molar-refractivity contribution in [1.82, 2.24) is 14.9 Å². The Kier molecular flexibility index (Phi) is 5.46. The molecule has 1 aromatic heterocycles. The van der Waals surface area contributed by atoms with Crippen molar-refractivity contribution in [1.29, 1.82) is 0 Å². The summed E-state index contributed by atoms with van der Waals surface area (Å²) >= 11 is 8.60. The Morgan fingerprint density at radius 2 is 2.38 bits per heavy atom. The van der Waals surface area contributed by atoms with Crippen molar-refractivity contribution < 1.29 is 4.74 Å². The van der Waals surface area contributed by atoms with Gasteiger partial charge in [-0.15, -0.1) is 0 Å². The van der Waals surface area contributed by atoms with Crippen LogP contribution in [0, 0.1) is 4.77 Å². The molecule has 1 heterocycles.